The Morgan fingerprint density at radius 3 is 2.30 bits per heavy atom. The molecular formula is C14H21BrN2O3. The van der Waals surface area contributed by atoms with E-state index in [-0.39, 0.29) is 31.7 Å². The first-order valence-corrected chi connectivity index (χ1v) is 7.35. The summed E-state index contributed by atoms with van der Waals surface area (Å²) in [4.78, 5) is 13.6. The van der Waals surface area contributed by atoms with Crippen LogP contribution in [0.1, 0.15) is 18.5 Å². The Bertz CT molecular complexity index is 405. The van der Waals surface area contributed by atoms with E-state index in [1.165, 1.54) is 0 Å². The van der Waals surface area contributed by atoms with Gasteiger partial charge in [-0.1, -0.05) is 28.1 Å². The molecule has 1 amide bonds. The van der Waals surface area contributed by atoms with Crippen molar-refractivity contribution >= 4 is 21.8 Å². The fraction of sp³-hybridized carbons (Fsp3) is 0.500. The second kappa shape index (κ2) is 9.07. The van der Waals surface area contributed by atoms with Crippen LogP contribution in [0.25, 0.3) is 0 Å². The smallest absolute Gasteiger partial charge is 0.234 e. The van der Waals surface area contributed by atoms with Gasteiger partial charge in [0.2, 0.25) is 5.91 Å². The Hall–Kier alpha value is -0.950. The van der Waals surface area contributed by atoms with E-state index in [9.17, 15) is 4.79 Å². The zero-order chi connectivity index (χ0) is 15.0. The summed E-state index contributed by atoms with van der Waals surface area (Å²) in [6.07, 6.45) is 0. The van der Waals surface area contributed by atoms with Crippen LogP contribution in [0.3, 0.4) is 0 Å². The molecular weight excluding hydrogens is 324 g/mol. The van der Waals surface area contributed by atoms with E-state index in [1.54, 1.807) is 4.90 Å². The lowest BCUT2D eigenvalue weighted by molar-refractivity contribution is -0.123. The Kier molecular flexibility index (Phi) is 7.76. The molecule has 0 aromatic heterocycles. The number of carbonyl (C=O) groups is 1. The van der Waals surface area contributed by atoms with Gasteiger partial charge in [0.05, 0.1) is 25.8 Å². The summed E-state index contributed by atoms with van der Waals surface area (Å²) in [5.74, 6) is -0.123. The van der Waals surface area contributed by atoms with Gasteiger partial charge in [0.1, 0.15) is 0 Å². The summed E-state index contributed by atoms with van der Waals surface area (Å²) >= 11 is 3.37. The number of benzene rings is 1. The normalized spacial score (nSPS) is 12.4. The molecule has 0 aliphatic carbocycles. The van der Waals surface area contributed by atoms with E-state index in [1.807, 2.05) is 31.2 Å². The van der Waals surface area contributed by atoms with Crippen molar-refractivity contribution < 1.29 is 15.0 Å². The van der Waals surface area contributed by atoms with Crippen LogP contribution in [-0.2, 0) is 4.79 Å². The van der Waals surface area contributed by atoms with Gasteiger partial charge in [-0.2, -0.15) is 0 Å². The fourth-order valence-corrected chi connectivity index (χ4v) is 2.14. The molecule has 0 saturated heterocycles. The van der Waals surface area contributed by atoms with Gasteiger partial charge in [0, 0.05) is 17.6 Å². The number of nitrogens with one attached hydrogen (secondary N) is 1. The summed E-state index contributed by atoms with van der Waals surface area (Å²) in [5, 5.41) is 20.7. The first kappa shape index (κ1) is 17.1. The minimum absolute atomic E-state index is 0.0322. The quantitative estimate of drug-likeness (QED) is 0.655. The van der Waals surface area contributed by atoms with Crippen LogP contribution in [0.2, 0.25) is 0 Å². The van der Waals surface area contributed by atoms with Gasteiger partial charge in [0.15, 0.2) is 0 Å². The van der Waals surface area contributed by atoms with Crippen molar-refractivity contribution in [1.29, 1.82) is 0 Å². The molecule has 0 radical (unpaired) electrons. The molecule has 1 aromatic carbocycles. The number of halogens is 1. The van der Waals surface area contributed by atoms with Crippen molar-refractivity contribution in [2.75, 3.05) is 32.8 Å². The second-order valence-corrected chi connectivity index (χ2v) is 5.48. The van der Waals surface area contributed by atoms with Crippen LogP contribution < -0.4 is 5.32 Å². The van der Waals surface area contributed by atoms with Gasteiger partial charge >= 0.3 is 0 Å². The van der Waals surface area contributed by atoms with E-state index in [4.69, 9.17) is 10.2 Å². The van der Waals surface area contributed by atoms with Crippen molar-refractivity contribution in [3.05, 3.63) is 34.3 Å². The van der Waals surface area contributed by atoms with Crippen molar-refractivity contribution in [2.45, 2.75) is 13.0 Å². The van der Waals surface area contributed by atoms with Crippen LogP contribution in [0.5, 0.6) is 0 Å². The van der Waals surface area contributed by atoms with Gasteiger partial charge < -0.3 is 15.5 Å². The molecule has 0 bridgehead atoms. The van der Waals surface area contributed by atoms with Crippen molar-refractivity contribution in [3.63, 3.8) is 0 Å². The molecule has 0 spiro atoms. The molecule has 6 heteroatoms. The van der Waals surface area contributed by atoms with Crippen LogP contribution in [-0.4, -0.2) is 53.9 Å². The molecule has 0 fully saturated rings. The molecule has 0 aliphatic heterocycles. The SMILES string of the molecule is CC(NC(=O)CN(CCO)CCO)c1ccc(Br)cc1. The van der Waals surface area contributed by atoms with Gasteiger partial charge in [-0.05, 0) is 24.6 Å². The average molecular weight is 345 g/mol. The van der Waals surface area contributed by atoms with Crippen molar-refractivity contribution in [1.82, 2.24) is 10.2 Å². The maximum absolute atomic E-state index is 11.9. The summed E-state index contributed by atoms with van der Waals surface area (Å²) in [5.41, 5.74) is 1.03. The summed E-state index contributed by atoms with van der Waals surface area (Å²) < 4.78 is 0.997. The number of carbonyl (C=O) groups excluding carboxylic acids is 1. The third kappa shape index (κ3) is 6.00. The molecule has 1 aromatic rings. The number of amides is 1. The average Bonchev–Trinajstić information content (AvgIpc) is 2.39. The number of aliphatic hydroxyl groups excluding tert-OH is 2. The number of aliphatic hydroxyl groups is 2. The molecule has 0 aliphatic rings. The molecule has 0 heterocycles. The lowest BCUT2D eigenvalue weighted by atomic mass is 10.1. The summed E-state index contributed by atoms with van der Waals surface area (Å²) in [6, 6.07) is 7.69. The first-order chi connectivity index (χ1) is 9.56. The lowest BCUT2D eigenvalue weighted by Gasteiger charge is -2.21. The third-order valence-electron chi connectivity index (χ3n) is 2.95. The maximum Gasteiger partial charge on any atom is 0.234 e. The molecule has 20 heavy (non-hydrogen) atoms. The van der Waals surface area contributed by atoms with Crippen molar-refractivity contribution in [2.24, 2.45) is 0 Å². The van der Waals surface area contributed by atoms with Crippen LogP contribution in [0, 0.1) is 0 Å². The predicted molar refractivity (Wildman–Crippen MR) is 81.3 cm³/mol. The van der Waals surface area contributed by atoms with Crippen LogP contribution in [0.4, 0.5) is 0 Å². The first-order valence-electron chi connectivity index (χ1n) is 6.55. The van der Waals surface area contributed by atoms with Crippen molar-refractivity contribution in [3.8, 4) is 0 Å². The van der Waals surface area contributed by atoms with Gasteiger partial charge in [0.25, 0.3) is 0 Å². The minimum Gasteiger partial charge on any atom is -0.395 e. The molecule has 112 valence electrons. The second-order valence-electron chi connectivity index (χ2n) is 4.56. The standard InChI is InChI=1S/C14H21BrN2O3/c1-11(12-2-4-13(15)5-3-12)16-14(20)10-17(6-8-18)7-9-19/h2-5,11,18-19H,6-10H2,1H3,(H,16,20). The van der Waals surface area contributed by atoms with E-state index < -0.39 is 0 Å². The topological polar surface area (TPSA) is 72.8 Å². The predicted octanol–water partition coefficient (Wildman–Crippen LogP) is 0.913. The largest absolute Gasteiger partial charge is 0.395 e. The maximum atomic E-state index is 11.9. The highest BCUT2D eigenvalue weighted by molar-refractivity contribution is 9.10. The number of hydrogen-bond acceptors (Lipinski definition) is 4. The Balaban J connectivity index is 2.49. The minimum atomic E-state index is -0.123. The fourth-order valence-electron chi connectivity index (χ4n) is 1.88. The van der Waals surface area contributed by atoms with Crippen LogP contribution in [0.15, 0.2) is 28.7 Å². The molecule has 1 rings (SSSR count). The van der Waals surface area contributed by atoms with Crippen LogP contribution >= 0.6 is 15.9 Å². The number of nitrogens with zero attached hydrogens (tertiary/aromatic N) is 1. The van der Waals surface area contributed by atoms with E-state index >= 15 is 0 Å². The van der Waals surface area contributed by atoms with Gasteiger partial charge in [-0.3, -0.25) is 9.69 Å². The van der Waals surface area contributed by atoms with Gasteiger partial charge in [-0.25, -0.2) is 0 Å². The van der Waals surface area contributed by atoms with Gasteiger partial charge in [-0.15, -0.1) is 0 Å². The highest BCUT2D eigenvalue weighted by Crippen LogP contribution is 2.16. The molecule has 1 atom stereocenters. The Morgan fingerprint density at radius 2 is 1.80 bits per heavy atom. The van der Waals surface area contributed by atoms with E-state index in [0.717, 1.165) is 10.0 Å². The Labute approximate surface area is 127 Å². The lowest BCUT2D eigenvalue weighted by Crippen LogP contribution is -2.40. The van der Waals surface area contributed by atoms with E-state index in [2.05, 4.69) is 21.2 Å². The highest BCUT2D eigenvalue weighted by Gasteiger charge is 2.13. The zero-order valence-electron chi connectivity index (χ0n) is 11.6. The summed E-state index contributed by atoms with van der Waals surface area (Å²) in [6.45, 7) is 2.78. The number of rotatable bonds is 8. The highest BCUT2D eigenvalue weighted by atomic mass is 79.9. The molecule has 0 saturated carbocycles. The molecule has 5 nitrogen and oxygen atoms in total. The zero-order valence-corrected chi connectivity index (χ0v) is 13.1. The Morgan fingerprint density at radius 1 is 1.25 bits per heavy atom. The molecule has 3 N–H and O–H groups in total. The number of hydrogen-bond donors (Lipinski definition) is 3. The monoisotopic (exact) mass is 344 g/mol. The third-order valence-corrected chi connectivity index (χ3v) is 3.48. The van der Waals surface area contributed by atoms with E-state index in [0.29, 0.717) is 13.1 Å². The molecule has 1 unspecified atom stereocenters. The summed E-state index contributed by atoms with van der Waals surface area (Å²) in [7, 11) is 0.